The summed E-state index contributed by atoms with van der Waals surface area (Å²) in [5.74, 6) is 5.48. The van der Waals surface area contributed by atoms with E-state index >= 15 is 0 Å². The van der Waals surface area contributed by atoms with Crippen LogP contribution in [0.5, 0.6) is 0 Å². The average Bonchev–Trinajstić information content (AvgIpc) is 3.10. The van der Waals surface area contributed by atoms with Crippen molar-refractivity contribution >= 4 is 5.97 Å². The highest BCUT2D eigenvalue weighted by molar-refractivity contribution is 5.76. The first-order valence-corrected chi connectivity index (χ1v) is 9.22. The van der Waals surface area contributed by atoms with Crippen molar-refractivity contribution in [3.05, 3.63) is 0 Å². The van der Waals surface area contributed by atoms with E-state index in [1.54, 1.807) is 0 Å². The largest absolute Gasteiger partial charge is 0.462 e. The lowest BCUT2D eigenvalue weighted by molar-refractivity contribution is -0.178. The van der Waals surface area contributed by atoms with Crippen molar-refractivity contribution < 1.29 is 9.53 Å². The minimum absolute atomic E-state index is 0.0438. The van der Waals surface area contributed by atoms with Gasteiger partial charge >= 0.3 is 5.97 Å². The number of carbonyl (C=O) groups is 1. The van der Waals surface area contributed by atoms with Gasteiger partial charge in [0, 0.05) is 0 Å². The third-order valence-electron chi connectivity index (χ3n) is 7.66. The van der Waals surface area contributed by atoms with E-state index in [1.165, 1.54) is 38.5 Å². The van der Waals surface area contributed by atoms with Crippen LogP contribution >= 0.6 is 0 Å². The van der Waals surface area contributed by atoms with Crippen LogP contribution in [0.4, 0.5) is 0 Å². The molecule has 0 saturated heterocycles. The molecule has 7 unspecified atom stereocenters. The van der Waals surface area contributed by atoms with Crippen LogP contribution in [0.15, 0.2) is 0 Å². The topological polar surface area (TPSA) is 26.3 Å². The molecule has 0 aromatic carbocycles. The highest BCUT2D eigenvalue weighted by atomic mass is 16.5. The second-order valence-electron chi connectivity index (χ2n) is 8.91. The van der Waals surface area contributed by atoms with Crippen LogP contribution in [0.1, 0.15) is 65.7 Å². The van der Waals surface area contributed by atoms with Crippen LogP contribution in [0, 0.1) is 40.9 Å². The molecule has 4 bridgehead atoms. The Bertz CT molecular complexity index is 441. The third-order valence-corrected chi connectivity index (χ3v) is 7.66. The number of ether oxygens (including phenoxy) is 1. The molecule has 0 N–H and O–H groups in total. The van der Waals surface area contributed by atoms with Crippen LogP contribution in [0.2, 0.25) is 0 Å². The summed E-state index contributed by atoms with van der Waals surface area (Å²) in [7, 11) is 0. The van der Waals surface area contributed by atoms with E-state index in [0.717, 1.165) is 36.0 Å². The van der Waals surface area contributed by atoms with Crippen molar-refractivity contribution in [1.29, 1.82) is 0 Å². The van der Waals surface area contributed by atoms with Gasteiger partial charge in [0.05, 0.1) is 5.41 Å². The molecule has 5 saturated carbocycles. The van der Waals surface area contributed by atoms with Crippen molar-refractivity contribution in [2.75, 3.05) is 0 Å². The Labute approximate surface area is 129 Å². The summed E-state index contributed by atoms with van der Waals surface area (Å²) in [5.41, 5.74) is -0.315. The molecule has 2 nitrogen and oxygen atoms in total. The first kappa shape index (κ1) is 14.1. The van der Waals surface area contributed by atoms with Gasteiger partial charge in [-0.3, -0.25) is 4.79 Å². The van der Waals surface area contributed by atoms with Gasteiger partial charge in [0.25, 0.3) is 0 Å². The monoisotopic (exact) mass is 290 g/mol. The molecular weight excluding hydrogens is 260 g/mol. The fourth-order valence-electron chi connectivity index (χ4n) is 6.26. The Morgan fingerprint density at radius 1 is 1.00 bits per heavy atom. The molecule has 5 fully saturated rings. The molecule has 5 rings (SSSR count). The fourth-order valence-corrected chi connectivity index (χ4v) is 6.26. The number of rotatable bonds is 3. The summed E-state index contributed by atoms with van der Waals surface area (Å²) < 4.78 is 6.06. The smallest absolute Gasteiger partial charge is 0.311 e. The number of hydrogen-bond acceptors (Lipinski definition) is 2. The van der Waals surface area contributed by atoms with Gasteiger partial charge in [0.15, 0.2) is 0 Å². The Morgan fingerprint density at radius 3 is 2.33 bits per heavy atom. The van der Waals surface area contributed by atoms with Crippen molar-refractivity contribution in [3.63, 3.8) is 0 Å². The second kappa shape index (κ2) is 4.73. The van der Waals surface area contributed by atoms with Crippen molar-refractivity contribution in [3.8, 4) is 0 Å². The highest BCUT2D eigenvalue weighted by Crippen LogP contribution is 2.65. The molecule has 0 aromatic heterocycles. The number of fused-ring (bicyclic) bond motifs is 4. The Kier molecular flexibility index (Phi) is 3.17. The number of hydrogen-bond donors (Lipinski definition) is 0. The standard InChI is InChI=1S/C19H30O2/c1-4-19(2,3)18(20)21-15-10-13-7-8-14(15)17-12-6-5-11(9-12)16(13)17/h11-17H,4-10H2,1-3H3. The SMILES string of the molecule is CCC(C)(C)C(=O)OC1CC2CCC1C1C3CCC(C3)C21. The van der Waals surface area contributed by atoms with Crippen LogP contribution in [0.25, 0.3) is 0 Å². The van der Waals surface area contributed by atoms with E-state index in [4.69, 9.17) is 4.74 Å². The van der Waals surface area contributed by atoms with E-state index in [-0.39, 0.29) is 17.5 Å². The van der Waals surface area contributed by atoms with Gasteiger partial charge in [0.1, 0.15) is 6.10 Å². The molecule has 0 spiro atoms. The van der Waals surface area contributed by atoms with Crippen molar-refractivity contribution in [1.82, 2.24) is 0 Å². The van der Waals surface area contributed by atoms with Gasteiger partial charge in [0.2, 0.25) is 0 Å². The van der Waals surface area contributed by atoms with E-state index < -0.39 is 0 Å². The van der Waals surface area contributed by atoms with Gasteiger partial charge < -0.3 is 4.74 Å². The Hall–Kier alpha value is -0.530. The third kappa shape index (κ3) is 2.00. The normalized spacial score (nSPS) is 47.5. The molecule has 21 heavy (non-hydrogen) atoms. The van der Waals surface area contributed by atoms with Gasteiger partial charge in [-0.1, -0.05) is 6.92 Å². The van der Waals surface area contributed by atoms with Crippen LogP contribution in [-0.4, -0.2) is 12.1 Å². The molecular formula is C19H30O2. The van der Waals surface area contributed by atoms with E-state index in [1.807, 2.05) is 13.8 Å². The van der Waals surface area contributed by atoms with Crippen LogP contribution in [-0.2, 0) is 9.53 Å². The fraction of sp³-hybridized carbons (Fsp3) is 0.947. The molecule has 5 aliphatic carbocycles. The van der Waals surface area contributed by atoms with Crippen LogP contribution in [0.3, 0.4) is 0 Å². The highest BCUT2D eigenvalue weighted by Gasteiger charge is 2.60. The van der Waals surface area contributed by atoms with Gasteiger partial charge in [-0.25, -0.2) is 0 Å². The van der Waals surface area contributed by atoms with E-state index in [9.17, 15) is 4.79 Å². The Balaban J connectivity index is 1.51. The maximum Gasteiger partial charge on any atom is 0.311 e. The minimum atomic E-state index is -0.315. The molecule has 0 heterocycles. The zero-order valence-corrected chi connectivity index (χ0v) is 13.8. The maximum atomic E-state index is 12.5. The summed E-state index contributed by atoms with van der Waals surface area (Å²) in [6.45, 7) is 6.13. The second-order valence-corrected chi connectivity index (χ2v) is 8.91. The summed E-state index contributed by atoms with van der Waals surface area (Å²) in [6, 6.07) is 0. The molecule has 0 aliphatic heterocycles. The van der Waals surface area contributed by atoms with Crippen LogP contribution < -0.4 is 0 Å². The quantitative estimate of drug-likeness (QED) is 0.719. The molecule has 0 radical (unpaired) electrons. The molecule has 7 atom stereocenters. The molecule has 2 heteroatoms. The van der Waals surface area contributed by atoms with Gasteiger partial charge in [-0.15, -0.1) is 0 Å². The molecule has 5 aliphatic rings. The number of carbonyl (C=O) groups excluding carboxylic acids is 1. The zero-order valence-electron chi connectivity index (χ0n) is 13.8. The van der Waals surface area contributed by atoms with E-state index in [2.05, 4.69) is 6.92 Å². The lowest BCUT2D eigenvalue weighted by atomic mass is 9.53. The predicted molar refractivity (Wildman–Crippen MR) is 82.6 cm³/mol. The molecule has 0 aromatic rings. The van der Waals surface area contributed by atoms with Crippen molar-refractivity contribution in [2.45, 2.75) is 71.8 Å². The lowest BCUT2D eigenvalue weighted by Gasteiger charge is -2.54. The summed E-state index contributed by atoms with van der Waals surface area (Å²) >= 11 is 0. The number of esters is 1. The predicted octanol–water partition coefficient (Wildman–Crippen LogP) is 4.43. The lowest BCUT2D eigenvalue weighted by Crippen LogP contribution is -2.52. The molecule has 0 amide bonds. The Morgan fingerprint density at radius 2 is 1.62 bits per heavy atom. The average molecular weight is 290 g/mol. The van der Waals surface area contributed by atoms with E-state index in [0.29, 0.717) is 5.92 Å². The first-order valence-electron chi connectivity index (χ1n) is 9.22. The van der Waals surface area contributed by atoms with Gasteiger partial charge in [-0.05, 0) is 94.3 Å². The zero-order chi connectivity index (χ0) is 14.8. The summed E-state index contributed by atoms with van der Waals surface area (Å²) in [5, 5.41) is 0. The molecule has 118 valence electrons. The van der Waals surface area contributed by atoms with Crippen molar-refractivity contribution in [2.24, 2.45) is 40.9 Å². The van der Waals surface area contributed by atoms with Gasteiger partial charge in [-0.2, -0.15) is 0 Å². The first-order chi connectivity index (χ1) is 10.0. The summed E-state index contributed by atoms with van der Waals surface area (Å²) in [6.07, 6.45) is 9.42. The minimum Gasteiger partial charge on any atom is -0.462 e. The maximum absolute atomic E-state index is 12.5. The summed E-state index contributed by atoms with van der Waals surface area (Å²) in [4.78, 5) is 12.5.